The van der Waals surface area contributed by atoms with Crippen LogP contribution in [0.25, 0.3) is 0 Å². The van der Waals surface area contributed by atoms with Gasteiger partial charge in [0, 0.05) is 19.2 Å². The molecule has 1 unspecified atom stereocenters. The third kappa shape index (κ3) is 7.05. The quantitative estimate of drug-likeness (QED) is 0.192. The molecule has 0 saturated carbocycles. The maximum Gasteiger partial charge on any atom is 0.289 e. The maximum atomic E-state index is 13.1. The third-order valence-electron chi connectivity index (χ3n) is 9.00. The highest BCUT2D eigenvalue weighted by molar-refractivity contribution is 7.89. The van der Waals surface area contributed by atoms with Gasteiger partial charge in [0.25, 0.3) is 5.69 Å². The van der Waals surface area contributed by atoms with E-state index >= 15 is 0 Å². The van der Waals surface area contributed by atoms with Gasteiger partial charge in [-0.1, -0.05) is 91.6 Å². The standard InChI is InChI=1S/C33H41N3O4S/c1-26-14-16-30(17-15-26)33(29-10-3-2-4-11-29)34-22-18-27(19-23-34)8-7-9-28-20-24-35(25-21-28)41(39,40)32-13-6-5-12-31(32)36(37)38/h2-6,10-17,27-28,33H,7-9,18-25H2,1H3. The highest BCUT2D eigenvalue weighted by atomic mass is 32.2. The van der Waals surface area contributed by atoms with Crippen molar-refractivity contribution in [2.45, 2.75) is 62.8 Å². The third-order valence-corrected chi connectivity index (χ3v) is 10.9. The van der Waals surface area contributed by atoms with Gasteiger partial charge in [0.05, 0.1) is 11.0 Å². The number of rotatable bonds is 10. The Labute approximate surface area is 244 Å². The molecule has 3 aromatic carbocycles. The molecule has 2 fully saturated rings. The SMILES string of the molecule is Cc1ccc(C(c2ccccc2)N2CCC(CCCC3CCN(S(=O)(=O)c4ccccc4[N+](=O)[O-])CC3)CC2)cc1. The summed E-state index contributed by atoms with van der Waals surface area (Å²) in [6.07, 6.45) is 7.57. The summed E-state index contributed by atoms with van der Waals surface area (Å²) < 4.78 is 27.7. The van der Waals surface area contributed by atoms with Crippen LogP contribution in [0.1, 0.15) is 67.7 Å². The number of aryl methyl sites for hydroxylation is 1. The summed E-state index contributed by atoms with van der Waals surface area (Å²) >= 11 is 0. The van der Waals surface area contributed by atoms with E-state index in [1.54, 1.807) is 6.07 Å². The van der Waals surface area contributed by atoms with E-state index in [4.69, 9.17) is 0 Å². The molecule has 2 heterocycles. The highest BCUT2D eigenvalue weighted by Gasteiger charge is 2.34. The molecule has 0 radical (unpaired) electrons. The van der Waals surface area contributed by atoms with Gasteiger partial charge in [-0.05, 0) is 74.7 Å². The molecule has 5 rings (SSSR count). The monoisotopic (exact) mass is 575 g/mol. The number of hydrogen-bond acceptors (Lipinski definition) is 5. The molecule has 2 aliphatic rings. The van der Waals surface area contributed by atoms with E-state index in [0.29, 0.717) is 19.0 Å². The smallest absolute Gasteiger partial charge is 0.289 e. The Morgan fingerprint density at radius 2 is 1.32 bits per heavy atom. The number of likely N-dealkylation sites (tertiary alicyclic amines) is 1. The molecule has 0 spiro atoms. The van der Waals surface area contributed by atoms with E-state index in [1.807, 2.05) is 0 Å². The number of piperidine rings is 2. The Bertz CT molecular complexity index is 1400. The molecule has 218 valence electrons. The number of hydrogen-bond donors (Lipinski definition) is 0. The van der Waals surface area contributed by atoms with Crippen molar-refractivity contribution in [3.05, 3.63) is 106 Å². The predicted octanol–water partition coefficient (Wildman–Crippen LogP) is 6.98. The molecule has 0 aromatic heterocycles. The van der Waals surface area contributed by atoms with Gasteiger partial charge in [0.2, 0.25) is 10.0 Å². The summed E-state index contributed by atoms with van der Waals surface area (Å²) in [6.45, 7) is 5.19. The minimum atomic E-state index is -3.87. The van der Waals surface area contributed by atoms with Gasteiger partial charge in [-0.25, -0.2) is 8.42 Å². The first-order chi connectivity index (χ1) is 19.8. The fourth-order valence-electron chi connectivity index (χ4n) is 6.60. The number of nitrogens with zero attached hydrogens (tertiary/aromatic N) is 3. The molecule has 0 amide bonds. The van der Waals surface area contributed by atoms with Crippen LogP contribution in [0.15, 0.2) is 83.8 Å². The summed E-state index contributed by atoms with van der Waals surface area (Å²) in [7, 11) is -3.87. The second kappa shape index (κ2) is 13.3. The lowest BCUT2D eigenvalue weighted by atomic mass is 9.86. The molecule has 7 nitrogen and oxygen atoms in total. The molecule has 8 heteroatoms. The molecule has 0 aliphatic carbocycles. The molecule has 0 bridgehead atoms. The molecule has 2 saturated heterocycles. The number of para-hydroxylation sites is 1. The van der Waals surface area contributed by atoms with E-state index in [9.17, 15) is 18.5 Å². The van der Waals surface area contributed by atoms with Crippen molar-refractivity contribution in [1.29, 1.82) is 0 Å². The summed E-state index contributed by atoms with van der Waals surface area (Å²) in [6, 6.07) is 25.7. The van der Waals surface area contributed by atoms with Crippen molar-refractivity contribution in [3.63, 3.8) is 0 Å². The van der Waals surface area contributed by atoms with Crippen molar-refractivity contribution < 1.29 is 13.3 Å². The van der Waals surface area contributed by atoms with Gasteiger partial charge in [-0.3, -0.25) is 15.0 Å². The molecule has 0 N–H and O–H groups in total. The van der Waals surface area contributed by atoms with Crippen LogP contribution in [-0.2, 0) is 10.0 Å². The van der Waals surface area contributed by atoms with Crippen molar-refractivity contribution >= 4 is 15.7 Å². The van der Waals surface area contributed by atoms with Gasteiger partial charge in [0.15, 0.2) is 4.90 Å². The maximum absolute atomic E-state index is 13.1. The van der Waals surface area contributed by atoms with E-state index in [0.717, 1.165) is 38.3 Å². The summed E-state index contributed by atoms with van der Waals surface area (Å²) in [5, 5.41) is 11.4. The fourth-order valence-corrected chi connectivity index (χ4v) is 8.22. The lowest BCUT2D eigenvalue weighted by molar-refractivity contribution is -0.387. The first-order valence-corrected chi connectivity index (χ1v) is 16.4. The van der Waals surface area contributed by atoms with Crippen molar-refractivity contribution in [2.24, 2.45) is 11.8 Å². The Morgan fingerprint density at radius 1 is 0.780 bits per heavy atom. The van der Waals surface area contributed by atoms with Gasteiger partial charge >= 0.3 is 0 Å². The minimum absolute atomic E-state index is 0.202. The Kier molecular flexibility index (Phi) is 9.53. The largest absolute Gasteiger partial charge is 0.292 e. The van der Waals surface area contributed by atoms with E-state index < -0.39 is 14.9 Å². The fraction of sp³-hybridized carbons (Fsp3) is 0.455. The van der Waals surface area contributed by atoms with Crippen LogP contribution in [0.5, 0.6) is 0 Å². The number of sulfonamides is 1. The second-order valence-corrected chi connectivity index (χ2v) is 13.6. The van der Waals surface area contributed by atoms with E-state index in [1.165, 1.54) is 64.9 Å². The Balaban J connectivity index is 1.09. The summed E-state index contributed by atoms with van der Waals surface area (Å²) in [5.41, 5.74) is 3.64. The van der Waals surface area contributed by atoms with Crippen LogP contribution in [0, 0.1) is 28.9 Å². The van der Waals surface area contributed by atoms with Gasteiger partial charge in [-0.2, -0.15) is 4.31 Å². The molecule has 3 aromatic rings. The summed E-state index contributed by atoms with van der Waals surface area (Å²) in [5.74, 6) is 1.25. The van der Waals surface area contributed by atoms with Gasteiger partial charge in [-0.15, -0.1) is 0 Å². The molecular weight excluding hydrogens is 534 g/mol. The van der Waals surface area contributed by atoms with Crippen LogP contribution in [-0.4, -0.2) is 48.7 Å². The predicted molar refractivity (Wildman–Crippen MR) is 162 cm³/mol. The first-order valence-electron chi connectivity index (χ1n) is 14.9. The van der Waals surface area contributed by atoms with Crippen LogP contribution < -0.4 is 0 Å². The van der Waals surface area contributed by atoms with Crippen molar-refractivity contribution in [1.82, 2.24) is 9.21 Å². The molecule has 1 atom stereocenters. The van der Waals surface area contributed by atoms with Crippen molar-refractivity contribution in [2.75, 3.05) is 26.2 Å². The topological polar surface area (TPSA) is 83.8 Å². The lowest BCUT2D eigenvalue weighted by Crippen LogP contribution is -2.38. The van der Waals surface area contributed by atoms with Crippen LogP contribution >= 0.6 is 0 Å². The van der Waals surface area contributed by atoms with Gasteiger partial charge in [0.1, 0.15) is 0 Å². The second-order valence-electron chi connectivity index (χ2n) is 11.7. The lowest BCUT2D eigenvalue weighted by Gasteiger charge is -2.38. The zero-order chi connectivity index (χ0) is 28.8. The van der Waals surface area contributed by atoms with Crippen molar-refractivity contribution in [3.8, 4) is 0 Å². The Morgan fingerprint density at radius 3 is 1.93 bits per heavy atom. The van der Waals surface area contributed by atoms with E-state index in [-0.39, 0.29) is 16.6 Å². The van der Waals surface area contributed by atoms with E-state index in [2.05, 4.69) is 66.4 Å². The summed E-state index contributed by atoms with van der Waals surface area (Å²) in [4.78, 5) is 13.2. The number of benzene rings is 3. The van der Waals surface area contributed by atoms with Crippen LogP contribution in [0.3, 0.4) is 0 Å². The number of nitro benzene ring substituents is 1. The molecule has 41 heavy (non-hydrogen) atoms. The zero-order valence-corrected chi connectivity index (χ0v) is 24.7. The Hall–Kier alpha value is -3.07. The van der Waals surface area contributed by atoms with Crippen LogP contribution in [0.4, 0.5) is 5.69 Å². The normalized spacial score (nSPS) is 18.8. The first kappa shape index (κ1) is 29.4. The zero-order valence-electron chi connectivity index (χ0n) is 23.9. The average molecular weight is 576 g/mol. The minimum Gasteiger partial charge on any atom is -0.292 e. The van der Waals surface area contributed by atoms with Gasteiger partial charge < -0.3 is 0 Å². The number of nitro groups is 1. The molecular formula is C33H41N3O4S. The molecule has 2 aliphatic heterocycles. The average Bonchev–Trinajstić information content (AvgIpc) is 3.00. The highest BCUT2D eigenvalue weighted by Crippen LogP contribution is 2.35. The van der Waals surface area contributed by atoms with Crippen LogP contribution in [0.2, 0.25) is 0 Å².